The Bertz CT molecular complexity index is 1310. The molecule has 1 amide bonds. The number of unbranched alkanes of at least 4 members (excludes halogenated alkanes) is 1. The normalized spacial score (nSPS) is 15.9. The summed E-state index contributed by atoms with van der Waals surface area (Å²) in [5.41, 5.74) is 5.47. The standard InChI is InChI=1S/C29H31N3O2/c1-21-10-9-12-24(18-21)34-17-8-7-16-31-27-15-6-4-13-25(27)30-29(31)23-19-28(33)32(20-23)26-14-5-3-11-22(26)2/h3-6,9-15,18,23H,7-8,16-17,19-20H2,1-2H3. The minimum absolute atomic E-state index is 0.0862. The summed E-state index contributed by atoms with van der Waals surface area (Å²) in [5, 5.41) is 0. The summed E-state index contributed by atoms with van der Waals surface area (Å²) in [7, 11) is 0. The van der Waals surface area contributed by atoms with Crippen LogP contribution in [0, 0.1) is 13.8 Å². The fraction of sp³-hybridized carbons (Fsp3) is 0.310. The number of imidazole rings is 1. The number of para-hydroxylation sites is 3. The van der Waals surface area contributed by atoms with Crippen LogP contribution >= 0.6 is 0 Å². The van der Waals surface area contributed by atoms with Crippen LogP contribution in [0.1, 0.15) is 42.1 Å². The number of benzene rings is 3. The average molecular weight is 454 g/mol. The van der Waals surface area contributed by atoms with Crippen LogP contribution < -0.4 is 9.64 Å². The third kappa shape index (κ3) is 4.56. The summed E-state index contributed by atoms with van der Waals surface area (Å²) in [6.45, 7) is 6.36. The van der Waals surface area contributed by atoms with E-state index in [0.29, 0.717) is 19.6 Å². The monoisotopic (exact) mass is 453 g/mol. The lowest BCUT2D eigenvalue weighted by molar-refractivity contribution is -0.117. The Morgan fingerprint density at radius 1 is 0.971 bits per heavy atom. The van der Waals surface area contributed by atoms with Gasteiger partial charge in [-0.15, -0.1) is 0 Å². The number of anilines is 1. The highest BCUT2D eigenvalue weighted by Gasteiger charge is 2.35. The molecule has 0 saturated carbocycles. The van der Waals surface area contributed by atoms with E-state index in [2.05, 4.69) is 54.8 Å². The van der Waals surface area contributed by atoms with Gasteiger partial charge in [-0.1, -0.05) is 42.5 Å². The first kappa shape index (κ1) is 22.2. The molecule has 1 aliphatic heterocycles. The third-order valence-corrected chi connectivity index (χ3v) is 6.61. The number of hydrogen-bond acceptors (Lipinski definition) is 3. The van der Waals surface area contributed by atoms with E-state index in [4.69, 9.17) is 9.72 Å². The van der Waals surface area contributed by atoms with Gasteiger partial charge in [-0.05, 0) is 68.1 Å². The molecule has 5 rings (SSSR count). The molecule has 5 heteroatoms. The molecule has 0 N–H and O–H groups in total. The number of aromatic nitrogens is 2. The van der Waals surface area contributed by atoms with E-state index in [-0.39, 0.29) is 11.8 Å². The Morgan fingerprint density at radius 2 is 1.79 bits per heavy atom. The van der Waals surface area contributed by atoms with Gasteiger partial charge in [0.05, 0.1) is 17.6 Å². The summed E-state index contributed by atoms with van der Waals surface area (Å²) in [6, 6.07) is 24.6. The minimum atomic E-state index is 0.0862. The van der Waals surface area contributed by atoms with Gasteiger partial charge < -0.3 is 14.2 Å². The third-order valence-electron chi connectivity index (χ3n) is 6.61. The number of fused-ring (bicyclic) bond motifs is 1. The topological polar surface area (TPSA) is 47.4 Å². The van der Waals surface area contributed by atoms with Crippen molar-refractivity contribution in [1.82, 2.24) is 9.55 Å². The number of amides is 1. The molecule has 1 unspecified atom stereocenters. The van der Waals surface area contributed by atoms with Crippen molar-refractivity contribution in [3.63, 3.8) is 0 Å². The largest absolute Gasteiger partial charge is 0.494 e. The maximum Gasteiger partial charge on any atom is 0.227 e. The van der Waals surface area contributed by atoms with Crippen molar-refractivity contribution in [2.24, 2.45) is 0 Å². The number of nitrogens with zero attached hydrogens (tertiary/aromatic N) is 3. The zero-order chi connectivity index (χ0) is 23.5. The Balaban J connectivity index is 1.30. The van der Waals surface area contributed by atoms with Gasteiger partial charge in [0.25, 0.3) is 0 Å². The summed E-state index contributed by atoms with van der Waals surface area (Å²) < 4.78 is 8.26. The Labute approximate surface area is 201 Å². The van der Waals surface area contributed by atoms with Gasteiger partial charge in [0.1, 0.15) is 11.6 Å². The summed E-state index contributed by atoms with van der Waals surface area (Å²) >= 11 is 0. The Kier molecular flexibility index (Phi) is 6.35. The first-order valence-electron chi connectivity index (χ1n) is 12.1. The van der Waals surface area contributed by atoms with Crippen molar-refractivity contribution >= 4 is 22.6 Å². The fourth-order valence-corrected chi connectivity index (χ4v) is 4.89. The SMILES string of the molecule is Cc1cccc(OCCCCn2c(C3CC(=O)N(c4ccccc4C)C3)nc3ccccc32)c1. The molecule has 174 valence electrons. The highest BCUT2D eigenvalue weighted by atomic mass is 16.5. The van der Waals surface area contributed by atoms with Gasteiger partial charge in [0.2, 0.25) is 5.91 Å². The van der Waals surface area contributed by atoms with Crippen LogP contribution in [-0.4, -0.2) is 28.6 Å². The zero-order valence-corrected chi connectivity index (χ0v) is 19.9. The number of ether oxygens (including phenoxy) is 1. The smallest absolute Gasteiger partial charge is 0.227 e. The molecule has 0 aliphatic carbocycles. The Morgan fingerprint density at radius 3 is 2.65 bits per heavy atom. The van der Waals surface area contributed by atoms with Crippen LogP contribution in [0.4, 0.5) is 5.69 Å². The summed E-state index contributed by atoms with van der Waals surface area (Å²) in [6.07, 6.45) is 2.44. The Hall–Kier alpha value is -3.60. The molecule has 1 aliphatic rings. The van der Waals surface area contributed by atoms with E-state index < -0.39 is 0 Å². The van der Waals surface area contributed by atoms with Gasteiger partial charge in [-0.25, -0.2) is 4.98 Å². The van der Waals surface area contributed by atoms with Gasteiger partial charge in [0, 0.05) is 31.1 Å². The lowest BCUT2D eigenvalue weighted by Crippen LogP contribution is -2.25. The van der Waals surface area contributed by atoms with Gasteiger partial charge in [-0.3, -0.25) is 4.79 Å². The number of rotatable bonds is 8. The van der Waals surface area contributed by atoms with Crippen molar-refractivity contribution in [1.29, 1.82) is 0 Å². The fourth-order valence-electron chi connectivity index (χ4n) is 4.89. The predicted molar refractivity (Wildman–Crippen MR) is 137 cm³/mol. The van der Waals surface area contributed by atoms with Crippen LogP contribution in [-0.2, 0) is 11.3 Å². The first-order chi connectivity index (χ1) is 16.6. The van der Waals surface area contributed by atoms with E-state index in [0.717, 1.165) is 53.2 Å². The first-order valence-corrected chi connectivity index (χ1v) is 12.1. The number of aryl methyl sites for hydroxylation is 3. The van der Waals surface area contributed by atoms with Crippen LogP contribution in [0.5, 0.6) is 5.75 Å². The maximum atomic E-state index is 13.0. The molecule has 4 aromatic rings. The lowest BCUT2D eigenvalue weighted by Gasteiger charge is -2.19. The summed E-state index contributed by atoms with van der Waals surface area (Å²) in [5.74, 6) is 2.20. The molecule has 34 heavy (non-hydrogen) atoms. The molecule has 1 fully saturated rings. The van der Waals surface area contributed by atoms with E-state index in [1.54, 1.807) is 0 Å². The molecule has 1 atom stereocenters. The quantitative estimate of drug-likeness (QED) is 0.306. The van der Waals surface area contributed by atoms with Crippen LogP contribution in [0.2, 0.25) is 0 Å². The molecule has 1 aromatic heterocycles. The molecule has 0 bridgehead atoms. The second-order valence-electron chi connectivity index (χ2n) is 9.17. The number of hydrogen-bond donors (Lipinski definition) is 0. The zero-order valence-electron chi connectivity index (χ0n) is 19.9. The highest BCUT2D eigenvalue weighted by Crippen LogP contribution is 2.34. The number of carbonyl (C=O) groups is 1. The van der Waals surface area contributed by atoms with E-state index in [1.807, 2.05) is 41.3 Å². The van der Waals surface area contributed by atoms with Crippen molar-refractivity contribution in [2.75, 3.05) is 18.1 Å². The van der Waals surface area contributed by atoms with Crippen molar-refractivity contribution < 1.29 is 9.53 Å². The van der Waals surface area contributed by atoms with Crippen LogP contribution in [0.25, 0.3) is 11.0 Å². The molecular formula is C29H31N3O2. The molecular weight excluding hydrogens is 422 g/mol. The van der Waals surface area contributed by atoms with Gasteiger partial charge in [-0.2, -0.15) is 0 Å². The summed E-state index contributed by atoms with van der Waals surface area (Å²) in [4.78, 5) is 19.9. The molecule has 5 nitrogen and oxygen atoms in total. The molecule has 2 heterocycles. The van der Waals surface area contributed by atoms with Crippen LogP contribution in [0.15, 0.2) is 72.8 Å². The minimum Gasteiger partial charge on any atom is -0.494 e. The van der Waals surface area contributed by atoms with Gasteiger partial charge in [0.15, 0.2) is 0 Å². The van der Waals surface area contributed by atoms with Crippen molar-refractivity contribution in [3.8, 4) is 5.75 Å². The second-order valence-corrected chi connectivity index (χ2v) is 9.17. The number of carbonyl (C=O) groups excluding carboxylic acids is 1. The molecule has 3 aromatic carbocycles. The van der Waals surface area contributed by atoms with Crippen molar-refractivity contribution in [3.05, 3.63) is 89.7 Å². The lowest BCUT2D eigenvalue weighted by atomic mass is 10.1. The maximum absolute atomic E-state index is 13.0. The van der Waals surface area contributed by atoms with Crippen LogP contribution in [0.3, 0.4) is 0 Å². The second kappa shape index (κ2) is 9.72. The van der Waals surface area contributed by atoms with E-state index in [1.165, 1.54) is 5.56 Å². The van der Waals surface area contributed by atoms with Crippen molar-refractivity contribution in [2.45, 2.75) is 45.6 Å². The molecule has 0 radical (unpaired) electrons. The highest BCUT2D eigenvalue weighted by molar-refractivity contribution is 5.97. The molecule has 1 saturated heterocycles. The van der Waals surface area contributed by atoms with E-state index in [9.17, 15) is 4.79 Å². The predicted octanol–water partition coefficient (Wildman–Crippen LogP) is 6.03. The van der Waals surface area contributed by atoms with E-state index >= 15 is 0 Å². The van der Waals surface area contributed by atoms with Gasteiger partial charge >= 0.3 is 0 Å². The molecule has 0 spiro atoms. The average Bonchev–Trinajstić information content (AvgIpc) is 3.40.